The van der Waals surface area contributed by atoms with Crippen LogP contribution in [0.2, 0.25) is 5.02 Å². The lowest BCUT2D eigenvalue weighted by atomic mass is 9.94. The second-order valence-electron chi connectivity index (χ2n) is 11.2. The molecule has 0 aliphatic heterocycles. The number of carbonyl (C=O) groups is 2. The standard InChI is InChI=1S/C33H40ClN3O4S/c1-24-12-10-19-30(25(24)2)37(42(3,40)41)23-32(38)36(22-27-15-11-16-28(34)20-27)31(21-26-13-6-4-7-14-26)33(39)35-29-17-8-5-9-18-29/h4,6-7,10-16,19-20,29,31H,5,8-9,17-18,21-23H2,1-3H3,(H,35,39)/t31-/m1/s1. The van der Waals surface area contributed by atoms with Crippen molar-refractivity contribution in [2.24, 2.45) is 0 Å². The van der Waals surface area contributed by atoms with Gasteiger partial charge in [0.2, 0.25) is 21.8 Å². The van der Waals surface area contributed by atoms with Crippen molar-refractivity contribution in [1.82, 2.24) is 10.2 Å². The highest BCUT2D eigenvalue weighted by Crippen LogP contribution is 2.26. The number of nitrogens with zero attached hydrogens (tertiary/aromatic N) is 2. The lowest BCUT2D eigenvalue weighted by Crippen LogP contribution is -2.55. The summed E-state index contributed by atoms with van der Waals surface area (Å²) in [6, 6.07) is 21.3. The summed E-state index contributed by atoms with van der Waals surface area (Å²) in [5.41, 5.74) is 3.78. The second kappa shape index (κ2) is 14.2. The van der Waals surface area contributed by atoms with Crippen LogP contribution in [-0.2, 0) is 32.6 Å². The molecule has 0 bridgehead atoms. The highest BCUT2D eigenvalue weighted by atomic mass is 35.5. The van der Waals surface area contributed by atoms with Crippen LogP contribution in [-0.4, -0.2) is 50.0 Å². The van der Waals surface area contributed by atoms with Crippen LogP contribution in [0.1, 0.15) is 54.4 Å². The number of hydrogen-bond acceptors (Lipinski definition) is 4. The summed E-state index contributed by atoms with van der Waals surface area (Å²) in [6.07, 6.45) is 6.45. The summed E-state index contributed by atoms with van der Waals surface area (Å²) in [4.78, 5) is 29.8. The number of rotatable bonds is 11. The number of nitrogens with one attached hydrogen (secondary N) is 1. The highest BCUT2D eigenvalue weighted by Gasteiger charge is 2.34. The van der Waals surface area contributed by atoms with Gasteiger partial charge in [0, 0.05) is 24.0 Å². The Balaban J connectivity index is 1.74. The number of halogens is 1. The molecule has 42 heavy (non-hydrogen) atoms. The second-order valence-corrected chi connectivity index (χ2v) is 13.5. The molecule has 4 rings (SSSR count). The summed E-state index contributed by atoms with van der Waals surface area (Å²) in [6.45, 7) is 3.40. The van der Waals surface area contributed by atoms with E-state index < -0.39 is 28.5 Å². The predicted molar refractivity (Wildman–Crippen MR) is 169 cm³/mol. The SMILES string of the molecule is Cc1cccc(N(CC(=O)N(Cc2cccc(Cl)c2)[C@H](Cc2ccccc2)C(=O)NC2CCCCC2)S(C)(=O)=O)c1C. The van der Waals surface area contributed by atoms with Gasteiger partial charge in [0.1, 0.15) is 12.6 Å². The fourth-order valence-electron chi connectivity index (χ4n) is 5.53. The Kier molecular flexibility index (Phi) is 10.7. The Hall–Kier alpha value is -3.36. The first-order valence-corrected chi connectivity index (χ1v) is 16.7. The first-order valence-electron chi connectivity index (χ1n) is 14.4. The summed E-state index contributed by atoms with van der Waals surface area (Å²) in [5, 5.41) is 3.73. The molecular weight excluding hydrogens is 570 g/mol. The van der Waals surface area contributed by atoms with E-state index >= 15 is 0 Å². The van der Waals surface area contributed by atoms with Gasteiger partial charge < -0.3 is 10.2 Å². The third-order valence-electron chi connectivity index (χ3n) is 7.99. The van der Waals surface area contributed by atoms with Crippen molar-refractivity contribution in [3.8, 4) is 0 Å². The molecule has 3 aromatic carbocycles. The molecule has 1 fully saturated rings. The van der Waals surface area contributed by atoms with Crippen molar-refractivity contribution >= 4 is 39.1 Å². The average Bonchev–Trinajstić information content (AvgIpc) is 2.95. The van der Waals surface area contributed by atoms with E-state index in [4.69, 9.17) is 11.6 Å². The third kappa shape index (κ3) is 8.35. The topological polar surface area (TPSA) is 86.8 Å². The van der Waals surface area contributed by atoms with Crippen molar-refractivity contribution in [2.45, 2.75) is 71.0 Å². The third-order valence-corrected chi connectivity index (χ3v) is 9.35. The van der Waals surface area contributed by atoms with Crippen LogP contribution in [0.3, 0.4) is 0 Å². The number of aryl methyl sites for hydroxylation is 1. The van der Waals surface area contributed by atoms with E-state index in [2.05, 4.69) is 5.32 Å². The van der Waals surface area contributed by atoms with E-state index in [1.54, 1.807) is 30.3 Å². The zero-order chi connectivity index (χ0) is 30.3. The minimum atomic E-state index is -3.83. The molecule has 0 heterocycles. The maximum Gasteiger partial charge on any atom is 0.244 e. The minimum Gasteiger partial charge on any atom is -0.352 e. The van der Waals surface area contributed by atoms with Crippen molar-refractivity contribution in [3.05, 3.63) is 100 Å². The summed E-state index contributed by atoms with van der Waals surface area (Å²) < 4.78 is 27.3. The normalized spacial score (nSPS) is 14.7. The zero-order valence-corrected chi connectivity index (χ0v) is 26.1. The highest BCUT2D eigenvalue weighted by molar-refractivity contribution is 7.92. The monoisotopic (exact) mass is 609 g/mol. The number of carbonyl (C=O) groups excluding carboxylic acids is 2. The van der Waals surface area contributed by atoms with Gasteiger partial charge in [-0.1, -0.05) is 85.5 Å². The van der Waals surface area contributed by atoms with Gasteiger partial charge in [0.15, 0.2) is 0 Å². The molecule has 2 amide bonds. The predicted octanol–water partition coefficient (Wildman–Crippen LogP) is 5.81. The molecular formula is C33H40ClN3O4S. The number of amides is 2. The van der Waals surface area contributed by atoms with Crippen molar-refractivity contribution < 1.29 is 18.0 Å². The Morgan fingerprint density at radius 3 is 2.26 bits per heavy atom. The number of benzene rings is 3. The van der Waals surface area contributed by atoms with Gasteiger partial charge >= 0.3 is 0 Å². The van der Waals surface area contributed by atoms with Crippen LogP contribution in [0.15, 0.2) is 72.8 Å². The first-order chi connectivity index (χ1) is 20.0. The van der Waals surface area contributed by atoms with E-state index in [1.165, 1.54) is 4.90 Å². The van der Waals surface area contributed by atoms with Crippen LogP contribution in [0, 0.1) is 13.8 Å². The molecule has 0 spiro atoms. The van der Waals surface area contributed by atoms with E-state index in [0.29, 0.717) is 10.7 Å². The largest absolute Gasteiger partial charge is 0.352 e. The molecule has 1 aliphatic carbocycles. The fourth-order valence-corrected chi connectivity index (χ4v) is 6.64. The van der Waals surface area contributed by atoms with Gasteiger partial charge in [-0.3, -0.25) is 13.9 Å². The van der Waals surface area contributed by atoms with E-state index in [0.717, 1.165) is 64.9 Å². The number of anilines is 1. The molecule has 0 radical (unpaired) electrons. The average molecular weight is 610 g/mol. The van der Waals surface area contributed by atoms with Crippen LogP contribution in [0.5, 0.6) is 0 Å². The summed E-state index contributed by atoms with van der Waals surface area (Å²) in [7, 11) is -3.83. The number of sulfonamides is 1. The quantitative estimate of drug-likeness (QED) is 0.297. The Bertz CT molecular complexity index is 1490. The molecule has 0 unspecified atom stereocenters. The maximum atomic E-state index is 14.3. The Morgan fingerprint density at radius 2 is 1.60 bits per heavy atom. The van der Waals surface area contributed by atoms with E-state index in [9.17, 15) is 18.0 Å². The van der Waals surface area contributed by atoms with Gasteiger partial charge in [-0.25, -0.2) is 8.42 Å². The summed E-state index contributed by atoms with van der Waals surface area (Å²) in [5.74, 6) is -0.709. The summed E-state index contributed by atoms with van der Waals surface area (Å²) >= 11 is 6.29. The molecule has 9 heteroatoms. The van der Waals surface area contributed by atoms with Gasteiger partial charge in [0.25, 0.3) is 0 Å². The molecule has 0 saturated heterocycles. The van der Waals surface area contributed by atoms with Gasteiger partial charge in [-0.2, -0.15) is 0 Å². The van der Waals surface area contributed by atoms with Crippen LogP contribution >= 0.6 is 11.6 Å². The van der Waals surface area contributed by atoms with E-state index in [-0.39, 0.29) is 24.9 Å². The Labute approximate surface area is 254 Å². The van der Waals surface area contributed by atoms with Crippen LogP contribution < -0.4 is 9.62 Å². The van der Waals surface area contributed by atoms with Gasteiger partial charge in [0.05, 0.1) is 11.9 Å². The lowest BCUT2D eigenvalue weighted by molar-refractivity contribution is -0.140. The molecule has 1 aliphatic rings. The van der Waals surface area contributed by atoms with Crippen LogP contribution in [0.4, 0.5) is 5.69 Å². The Morgan fingerprint density at radius 1 is 0.929 bits per heavy atom. The van der Waals surface area contributed by atoms with Crippen molar-refractivity contribution in [2.75, 3.05) is 17.1 Å². The smallest absolute Gasteiger partial charge is 0.244 e. The van der Waals surface area contributed by atoms with Crippen molar-refractivity contribution in [1.29, 1.82) is 0 Å². The molecule has 1 N–H and O–H groups in total. The van der Waals surface area contributed by atoms with Gasteiger partial charge in [-0.15, -0.1) is 0 Å². The fraction of sp³-hybridized carbons (Fsp3) is 0.394. The van der Waals surface area contributed by atoms with E-state index in [1.807, 2.05) is 56.3 Å². The molecule has 3 aromatic rings. The number of hydrogen-bond donors (Lipinski definition) is 1. The lowest BCUT2D eigenvalue weighted by Gasteiger charge is -2.35. The zero-order valence-electron chi connectivity index (χ0n) is 24.6. The van der Waals surface area contributed by atoms with Crippen molar-refractivity contribution in [3.63, 3.8) is 0 Å². The molecule has 0 aromatic heterocycles. The molecule has 224 valence electrons. The maximum absolute atomic E-state index is 14.3. The van der Waals surface area contributed by atoms with Crippen LogP contribution in [0.25, 0.3) is 0 Å². The minimum absolute atomic E-state index is 0.0510. The first kappa shape index (κ1) is 31.6. The molecule has 7 nitrogen and oxygen atoms in total. The van der Waals surface area contributed by atoms with Gasteiger partial charge in [-0.05, 0) is 67.1 Å². The molecule has 1 atom stereocenters. The molecule has 1 saturated carbocycles.